The van der Waals surface area contributed by atoms with Crippen molar-refractivity contribution in [3.05, 3.63) is 53.7 Å². The van der Waals surface area contributed by atoms with Crippen LogP contribution in [0.5, 0.6) is 0 Å². The molecule has 27 heavy (non-hydrogen) atoms. The zero-order valence-corrected chi connectivity index (χ0v) is 14.4. The van der Waals surface area contributed by atoms with Crippen molar-refractivity contribution in [2.45, 2.75) is 43.9 Å². The van der Waals surface area contributed by atoms with Crippen LogP contribution in [0.3, 0.4) is 0 Å². The number of aliphatic hydroxyl groups is 1. The Kier molecular flexibility index (Phi) is 4.51. The summed E-state index contributed by atoms with van der Waals surface area (Å²) in [5, 5.41) is 17.4. The van der Waals surface area contributed by atoms with E-state index in [4.69, 9.17) is 0 Å². The van der Waals surface area contributed by atoms with Crippen molar-refractivity contribution >= 4 is 17.3 Å². The average molecular weight is 376 g/mol. The number of pyridine rings is 1. The lowest BCUT2D eigenvalue weighted by Crippen LogP contribution is -2.20. The van der Waals surface area contributed by atoms with Gasteiger partial charge in [0, 0.05) is 17.3 Å². The van der Waals surface area contributed by atoms with Crippen LogP contribution in [0.4, 0.5) is 24.8 Å². The lowest BCUT2D eigenvalue weighted by Gasteiger charge is -2.26. The quantitative estimate of drug-likeness (QED) is 0.706. The first kappa shape index (κ1) is 17.8. The molecule has 0 bridgehead atoms. The molecule has 142 valence electrons. The van der Waals surface area contributed by atoms with Crippen LogP contribution in [0.2, 0.25) is 0 Å². The van der Waals surface area contributed by atoms with Crippen molar-refractivity contribution in [3.63, 3.8) is 0 Å². The predicted octanol–water partition coefficient (Wildman–Crippen LogP) is 4.51. The zero-order chi connectivity index (χ0) is 19.0. The Morgan fingerprint density at radius 1 is 1.07 bits per heavy atom. The molecule has 1 unspecified atom stereocenters. The predicted molar refractivity (Wildman–Crippen MR) is 94.9 cm³/mol. The topological polar surface area (TPSA) is 62.5 Å². The van der Waals surface area contributed by atoms with E-state index in [1.807, 2.05) is 18.2 Å². The first-order valence-corrected chi connectivity index (χ1v) is 8.88. The Balaban J connectivity index is 1.59. The minimum Gasteiger partial charge on any atom is -0.393 e. The van der Waals surface area contributed by atoms with Crippen LogP contribution in [0.25, 0.3) is 5.65 Å². The summed E-state index contributed by atoms with van der Waals surface area (Å²) in [5.41, 5.74) is 1.42. The molecule has 1 aliphatic rings. The van der Waals surface area contributed by atoms with E-state index in [9.17, 15) is 18.3 Å². The molecule has 0 amide bonds. The molecule has 1 aliphatic carbocycles. The third-order valence-electron chi connectivity index (χ3n) is 4.92. The van der Waals surface area contributed by atoms with Gasteiger partial charge < -0.3 is 10.4 Å². The van der Waals surface area contributed by atoms with Crippen LogP contribution in [-0.4, -0.2) is 25.8 Å². The number of hydrogen-bond donors (Lipinski definition) is 2. The number of aromatic nitrogens is 3. The van der Waals surface area contributed by atoms with Crippen LogP contribution in [0.15, 0.2) is 42.5 Å². The van der Waals surface area contributed by atoms with Gasteiger partial charge in [-0.1, -0.05) is 12.5 Å². The molecule has 2 atom stereocenters. The van der Waals surface area contributed by atoms with E-state index < -0.39 is 11.7 Å². The summed E-state index contributed by atoms with van der Waals surface area (Å²) >= 11 is 0. The van der Waals surface area contributed by atoms with Crippen molar-refractivity contribution in [2.24, 2.45) is 0 Å². The third-order valence-corrected chi connectivity index (χ3v) is 4.92. The van der Waals surface area contributed by atoms with Crippen molar-refractivity contribution in [2.75, 3.05) is 5.32 Å². The van der Waals surface area contributed by atoms with Crippen molar-refractivity contribution in [1.29, 1.82) is 0 Å². The highest BCUT2D eigenvalue weighted by Crippen LogP contribution is 2.33. The second kappa shape index (κ2) is 6.84. The van der Waals surface area contributed by atoms with E-state index in [1.165, 1.54) is 12.1 Å². The number of fused-ring (bicyclic) bond motifs is 1. The van der Waals surface area contributed by atoms with Gasteiger partial charge in [0.05, 0.1) is 11.7 Å². The first-order valence-electron chi connectivity index (χ1n) is 8.88. The van der Waals surface area contributed by atoms with Gasteiger partial charge in [0.1, 0.15) is 0 Å². The Bertz CT molecular complexity index is 936. The molecule has 0 radical (unpaired) electrons. The molecule has 8 heteroatoms. The fraction of sp³-hybridized carbons (Fsp3) is 0.368. The minimum absolute atomic E-state index is 0.207. The van der Waals surface area contributed by atoms with E-state index in [0.29, 0.717) is 23.7 Å². The van der Waals surface area contributed by atoms with Gasteiger partial charge in [-0.05, 0) is 55.7 Å². The molecule has 2 heterocycles. The van der Waals surface area contributed by atoms with Crippen LogP contribution >= 0.6 is 0 Å². The highest BCUT2D eigenvalue weighted by Gasteiger charge is 2.30. The number of nitrogens with zero attached hydrogens (tertiary/aromatic N) is 3. The SMILES string of the molecule is O[C@@H]1CCCC(c2cccc3nc(Nc4ccc(C(F)(F)F)cc4)nn23)C1. The molecule has 1 aromatic carbocycles. The lowest BCUT2D eigenvalue weighted by molar-refractivity contribution is -0.137. The summed E-state index contributed by atoms with van der Waals surface area (Å²) in [4.78, 5) is 4.41. The van der Waals surface area contributed by atoms with Crippen molar-refractivity contribution in [1.82, 2.24) is 14.6 Å². The minimum atomic E-state index is -4.36. The Morgan fingerprint density at radius 3 is 2.56 bits per heavy atom. The van der Waals surface area contributed by atoms with E-state index in [1.54, 1.807) is 4.52 Å². The molecule has 1 fully saturated rings. The van der Waals surface area contributed by atoms with Crippen molar-refractivity contribution < 1.29 is 18.3 Å². The molecule has 4 rings (SSSR count). The number of halogens is 3. The maximum Gasteiger partial charge on any atom is 0.416 e. The Morgan fingerprint density at radius 2 is 1.85 bits per heavy atom. The van der Waals surface area contributed by atoms with Gasteiger partial charge in [0.2, 0.25) is 5.95 Å². The first-order chi connectivity index (χ1) is 12.9. The summed E-state index contributed by atoms with van der Waals surface area (Å²) in [5.74, 6) is 0.525. The van der Waals surface area contributed by atoms with Gasteiger partial charge in [0.25, 0.3) is 0 Å². The molecule has 5 nitrogen and oxygen atoms in total. The number of aliphatic hydroxyl groups excluding tert-OH is 1. The number of rotatable bonds is 3. The summed E-state index contributed by atoms with van der Waals surface area (Å²) < 4.78 is 39.8. The average Bonchev–Trinajstić information content (AvgIpc) is 3.03. The van der Waals surface area contributed by atoms with Crippen LogP contribution in [0, 0.1) is 0 Å². The molecule has 0 spiro atoms. The molecule has 2 aromatic heterocycles. The highest BCUT2D eigenvalue weighted by molar-refractivity contribution is 5.56. The van der Waals surface area contributed by atoms with E-state index in [-0.39, 0.29) is 12.0 Å². The maximum atomic E-state index is 12.7. The molecule has 0 aliphatic heterocycles. The van der Waals surface area contributed by atoms with Gasteiger partial charge in [-0.2, -0.15) is 18.2 Å². The second-order valence-electron chi connectivity index (χ2n) is 6.87. The van der Waals surface area contributed by atoms with E-state index in [0.717, 1.165) is 37.1 Å². The van der Waals surface area contributed by atoms with Gasteiger partial charge in [-0.25, -0.2) is 4.52 Å². The fourth-order valence-corrected chi connectivity index (χ4v) is 3.59. The number of benzene rings is 1. The molecular formula is C19H19F3N4O. The maximum absolute atomic E-state index is 12.7. The van der Waals surface area contributed by atoms with Gasteiger partial charge in [0.15, 0.2) is 5.65 Å². The highest BCUT2D eigenvalue weighted by atomic mass is 19.4. The summed E-state index contributed by atoms with van der Waals surface area (Å²) in [6.07, 6.45) is -1.19. The Hall–Kier alpha value is -2.61. The number of anilines is 2. The van der Waals surface area contributed by atoms with Gasteiger partial charge in [-0.3, -0.25) is 0 Å². The molecule has 3 aromatic rings. The van der Waals surface area contributed by atoms with E-state index >= 15 is 0 Å². The number of hydrogen-bond acceptors (Lipinski definition) is 4. The summed E-state index contributed by atoms with van der Waals surface area (Å²) in [7, 11) is 0. The molecule has 1 saturated carbocycles. The molecular weight excluding hydrogens is 357 g/mol. The fourth-order valence-electron chi connectivity index (χ4n) is 3.59. The smallest absolute Gasteiger partial charge is 0.393 e. The van der Waals surface area contributed by atoms with Crippen LogP contribution in [-0.2, 0) is 6.18 Å². The van der Waals surface area contributed by atoms with Crippen LogP contribution in [0.1, 0.15) is 42.9 Å². The Labute approximate surface area is 153 Å². The zero-order valence-electron chi connectivity index (χ0n) is 14.4. The van der Waals surface area contributed by atoms with Crippen molar-refractivity contribution in [3.8, 4) is 0 Å². The lowest BCUT2D eigenvalue weighted by atomic mass is 9.85. The largest absolute Gasteiger partial charge is 0.416 e. The van der Waals surface area contributed by atoms with E-state index in [2.05, 4.69) is 15.4 Å². The third kappa shape index (κ3) is 3.75. The van der Waals surface area contributed by atoms with Gasteiger partial charge in [-0.15, -0.1) is 5.10 Å². The summed E-state index contributed by atoms with van der Waals surface area (Å²) in [6, 6.07) is 10.5. The number of nitrogens with one attached hydrogen (secondary N) is 1. The van der Waals surface area contributed by atoms with Crippen LogP contribution < -0.4 is 5.32 Å². The summed E-state index contributed by atoms with van der Waals surface area (Å²) in [6.45, 7) is 0. The number of alkyl halides is 3. The molecule has 0 saturated heterocycles. The standard InChI is InChI=1S/C19H19F3N4O/c20-19(21,22)13-7-9-14(10-8-13)23-18-24-17-6-2-5-16(26(17)25-18)12-3-1-4-15(27)11-12/h2,5-10,12,15,27H,1,3-4,11H2,(H,23,25)/t12?,15-/m1/s1. The van der Waals surface area contributed by atoms with Gasteiger partial charge >= 0.3 is 6.18 Å². The monoisotopic (exact) mass is 376 g/mol. The molecule has 2 N–H and O–H groups in total. The second-order valence-corrected chi connectivity index (χ2v) is 6.87. The normalized spacial score (nSPS) is 20.7.